The summed E-state index contributed by atoms with van der Waals surface area (Å²) in [4.78, 5) is 12.5. The summed E-state index contributed by atoms with van der Waals surface area (Å²) in [5, 5.41) is 8.63. The number of hydrogen-bond donors (Lipinski definition) is 1. The predicted octanol–water partition coefficient (Wildman–Crippen LogP) is 3.79. The van der Waals surface area contributed by atoms with Crippen LogP contribution in [0, 0.1) is 5.82 Å². The Hall–Kier alpha value is -2.60. The maximum Gasteiger partial charge on any atom is 0.304 e. The molecule has 0 fully saturated rings. The number of nitrogens with zero attached hydrogens (tertiary/aromatic N) is 1. The summed E-state index contributed by atoms with van der Waals surface area (Å²) in [5.74, 6) is 0.863. The van der Waals surface area contributed by atoms with Crippen LogP contribution in [0.5, 0.6) is 17.2 Å². The van der Waals surface area contributed by atoms with Crippen molar-refractivity contribution in [2.45, 2.75) is 12.8 Å². The Morgan fingerprint density at radius 1 is 1.00 bits per heavy atom. The number of rotatable bonds is 10. The average molecular weight is 347 g/mol. The van der Waals surface area contributed by atoms with Crippen molar-refractivity contribution in [3.63, 3.8) is 0 Å². The Morgan fingerprint density at radius 2 is 1.56 bits per heavy atom. The number of hydrogen-bond acceptors (Lipinski definition) is 4. The third-order valence-corrected chi connectivity index (χ3v) is 3.53. The molecule has 0 heterocycles. The molecular formula is C19H22FNO4. The van der Waals surface area contributed by atoms with Crippen molar-refractivity contribution in [3.05, 3.63) is 54.3 Å². The fourth-order valence-electron chi connectivity index (χ4n) is 2.17. The molecule has 0 atom stereocenters. The first-order chi connectivity index (χ1) is 12.0. The van der Waals surface area contributed by atoms with Gasteiger partial charge in [0.1, 0.15) is 23.1 Å². The minimum absolute atomic E-state index is 0.146. The lowest BCUT2D eigenvalue weighted by Crippen LogP contribution is -2.24. The summed E-state index contributed by atoms with van der Waals surface area (Å²) in [6.45, 7) is 1.86. The van der Waals surface area contributed by atoms with E-state index < -0.39 is 5.97 Å². The SMILES string of the molecule is CN(CCCOc1ccc(Oc2ccc(F)cc2)cc1)CCC(=O)O. The molecule has 25 heavy (non-hydrogen) atoms. The van der Waals surface area contributed by atoms with Crippen molar-refractivity contribution in [2.75, 3.05) is 26.7 Å². The predicted molar refractivity (Wildman–Crippen MR) is 92.8 cm³/mol. The number of halogens is 1. The minimum Gasteiger partial charge on any atom is -0.494 e. The Balaban J connectivity index is 1.69. The Labute approximate surface area is 146 Å². The van der Waals surface area contributed by atoms with Crippen molar-refractivity contribution in [1.82, 2.24) is 4.90 Å². The zero-order valence-corrected chi connectivity index (χ0v) is 14.2. The fourth-order valence-corrected chi connectivity index (χ4v) is 2.17. The maximum atomic E-state index is 12.9. The van der Waals surface area contributed by atoms with Crippen molar-refractivity contribution in [3.8, 4) is 17.2 Å². The topological polar surface area (TPSA) is 59.0 Å². The number of ether oxygens (including phenoxy) is 2. The van der Waals surface area contributed by atoms with Gasteiger partial charge in [0.15, 0.2) is 0 Å². The second-order valence-corrected chi connectivity index (χ2v) is 5.68. The molecule has 6 heteroatoms. The normalized spacial score (nSPS) is 10.7. The Bertz CT molecular complexity index is 658. The monoisotopic (exact) mass is 347 g/mol. The van der Waals surface area contributed by atoms with E-state index in [0.717, 1.165) is 18.7 Å². The van der Waals surface area contributed by atoms with E-state index in [1.807, 2.05) is 24.1 Å². The van der Waals surface area contributed by atoms with Gasteiger partial charge < -0.3 is 19.5 Å². The first-order valence-electron chi connectivity index (χ1n) is 8.09. The number of aliphatic carboxylic acids is 1. The smallest absolute Gasteiger partial charge is 0.304 e. The second-order valence-electron chi connectivity index (χ2n) is 5.68. The largest absolute Gasteiger partial charge is 0.494 e. The van der Waals surface area contributed by atoms with E-state index in [1.54, 1.807) is 24.3 Å². The van der Waals surface area contributed by atoms with Gasteiger partial charge in [-0.1, -0.05) is 0 Å². The molecule has 134 valence electrons. The van der Waals surface area contributed by atoms with Gasteiger partial charge in [-0.2, -0.15) is 0 Å². The first kappa shape index (κ1) is 18.7. The lowest BCUT2D eigenvalue weighted by molar-refractivity contribution is -0.137. The molecule has 2 aromatic rings. The van der Waals surface area contributed by atoms with Crippen molar-refractivity contribution in [2.24, 2.45) is 0 Å². The number of benzene rings is 2. The minimum atomic E-state index is -0.786. The molecule has 0 spiro atoms. The van der Waals surface area contributed by atoms with Gasteiger partial charge >= 0.3 is 5.97 Å². The van der Waals surface area contributed by atoms with Crippen LogP contribution in [0.1, 0.15) is 12.8 Å². The van der Waals surface area contributed by atoms with E-state index in [-0.39, 0.29) is 12.2 Å². The van der Waals surface area contributed by atoms with Gasteiger partial charge in [-0.15, -0.1) is 0 Å². The van der Waals surface area contributed by atoms with Crippen LogP contribution in [-0.2, 0) is 4.79 Å². The van der Waals surface area contributed by atoms with Crippen LogP contribution in [0.2, 0.25) is 0 Å². The number of carboxylic acid groups (broad SMARTS) is 1. The van der Waals surface area contributed by atoms with Crippen molar-refractivity contribution >= 4 is 5.97 Å². The van der Waals surface area contributed by atoms with Crippen molar-refractivity contribution < 1.29 is 23.8 Å². The molecule has 5 nitrogen and oxygen atoms in total. The molecule has 2 rings (SSSR count). The summed E-state index contributed by atoms with van der Waals surface area (Å²) in [7, 11) is 1.89. The molecule has 0 unspecified atom stereocenters. The zero-order valence-electron chi connectivity index (χ0n) is 14.2. The van der Waals surface area contributed by atoms with Gasteiger partial charge in [0.05, 0.1) is 13.0 Å². The zero-order chi connectivity index (χ0) is 18.1. The molecule has 0 saturated carbocycles. The lowest BCUT2D eigenvalue weighted by Gasteiger charge is -2.15. The highest BCUT2D eigenvalue weighted by molar-refractivity contribution is 5.66. The van der Waals surface area contributed by atoms with Crippen LogP contribution < -0.4 is 9.47 Å². The molecule has 2 aromatic carbocycles. The van der Waals surface area contributed by atoms with Crippen LogP contribution >= 0.6 is 0 Å². The van der Waals surface area contributed by atoms with E-state index >= 15 is 0 Å². The first-order valence-corrected chi connectivity index (χ1v) is 8.09. The average Bonchev–Trinajstić information content (AvgIpc) is 2.60. The van der Waals surface area contributed by atoms with Crippen molar-refractivity contribution in [1.29, 1.82) is 0 Å². The second kappa shape index (κ2) is 9.64. The fraction of sp³-hybridized carbons (Fsp3) is 0.316. The Kier molecular flexibility index (Phi) is 7.22. The molecule has 0 amide bonds. The third kappa shape index (κ3) is 7.22. The molecule has 1 N–H and O–H groups in total. The van der Waals surface area contributed by atoms with Crippen LogP contribution in [0.15, 0.2) is 48.5 Å². The highest BCUT2D eigenvalue weighted by atomic mass is 19.1. The molecule has 0 aliphatic carbocycles. The molecule has 0 aromatic heterocycles. The molecule has 0 saturated heterocycles. The van der Waals surface area contributed by atoms with Crippen LogP contribution in [-0.4, -0.2) is 42.7 Å². The molecule has 0 radical (unpaired) electrons. The molecule has 0 aliphatic heterocycles. The van der Waals surface area contributed by atoms with Gasteiger partial charge in [-0.25, -0.2) is 4.39 Å². The third-order valence-electron chi connectivity index (χ3n) is 3.53. The Morgan fingerprint density at radius 3 is 2.16 bits per heavy atom. The van der Waals surface area contributed by atoms with Crippen LogP contribution in [0.4, 0.5) is 4.39 Å². The van der Waals surface area contributed by atoms with Gasteiger partial charge in [0, 0.05) is 13.1 Å². The summed E-state index contributed by atoms with van der Waals surface area (Å²) in [5.41, 5.74) is 0. The van der Waals surface area contributed by atoms with Gasteiger partial charge in [0.2, 0.25) is 0 Å². The van der Waals surface area contributed by atoms with Crippen LogP contribution in [0.25, 0.3) is 0 Å². The van der Waals surface area contributed by atoms with Gasteiger partial charge in [-0.05, 0) is 62.0 Å². The maximum absolute atomic E-state index is 12.9. The molecular weight excluding hydrogens is 325 g/mol. The van der Waals surface area contributed by atoms with E-state index in [1.165, 1.54) is 12.1 Å². The quantitative estimate of drug-likeness (QED) is 0.663. The van der Waals surface area contributed by atoms with E-state index in [0.29, 0.717) is 24.7 Å². The number of carboxylic acids is 1. The number of carbonyl (C=O) groups is 1. The standard InChI is InChI=1S/C19H22FNO4/c1-21(13-11-19(22)23)12-2-14-24-16-7-9-18(10-8-16)25-17-5-3-15(20)4-6-17/h3-10H,2,11-14H2,1H3,(H,22,23). The van der Waals surface area contributed by atoms with E-state index in [2.05, 4.69) is 0 Å². The molecule has 0 aliphatic rings. The summed E-state index contributed by atoms with van der Waals surface area (Å²) >= 11 is 0. The van der Waals surface area contributed by atoms with E-state index in [4.69, 9.17) is 14.6 Å². The highest BCUT2D eigenvalue weighted by Gasteiger charge is 2.03. The van der Waals surface area contributed by atoms with E-state index in [9.17, 15) is 9.18 Å². The summed E-state index contributed by atoms with van der Waals surface area (Å²) in [6, 6.07) is 13.0. The van der Waals surface area contributed by atoms with Crippen LogP contribution in [0.3, 0.4) is 0 Å². The summed E-state index contributed by atoms with van der Waals surface area (Å²) < 4.78 is 24.1. The molecule has 0 bridgehead atoms. The highest BCUT2D eigenvalue weighted by Crippen LogP contribution is 2.24. The summed E-state index contributed by atoms with van der Waals surface area (Å²) in [6.07, 6.45) is 0.955. The van der Waals surface area contributed by atoms with Gasteiger partial charge in [0.25, 0.3) is 0 Å². The lowest BCUT2D eigenvalue weighted by atomic mass is 10.3. The van der Waals surface area contributed by atoms with Gasteiger partial charge in [-0.3, -0.25) is 4.79 Å².